The fourth-order valence-corrected chi connectivity index (χ4v) is 0. The van der Waals surface area contributed by atoms with Crippen molar-refractivity contribution in [1.29, 1.82) is 0 Å². The van der Waals surface area contributed by atoms with Gasteiger partial charge in [0, 0.05) is 29.6 Å². The first-order chi connectivity index (χ1) is 1.73. The molecule has 0 aromatic heterocycles. The molecule has 25 valence electrons. The summed E-state index contributed by atoms with van der Waals surface area (Å²) in [6.07, 6.45) is -1.83. The first kappa shape index (κ1) is 9.14. The van der Waals surface area contributed by atoms with E-state index in [4.69, 9.17) is 0 Å². The molecule has 0 bridgehead atoms. The van der Waals surface area contributed by atoms with E-state index in [1.165, 1.54) is 0 Å². The summed E-state index contributed by atoms with van der Waals surface area (Å²) in [6.45, 7) is 2.22. The van der Waals surface area contributed by atoms with Crippen LogP contribution in [0.15, 0.2) is 12.7 Å². The fraction of sp³-hybridized carbons (Fsp3) is 0. The number of rotatable bonds is 0. The van der Waals surface area contributed by atoms with Gasteiger partial charge in [-0.2, -0.15) is 8.78 Å². The molecule has 0 amide bonds. The SMILES string of the molecule is C=C(F)F.[Na]. The summed E-state index contributed by atoms with van der Waals surface area (Å²) < 4.78 is 20.3. The van der Waals surface area contributed by atoms with Gasteiger partial charge in [-0.25, -0.2) is 0 Å². The maximum absolute atomic E-state index is 10.1. The second-order valence-electron chi connectivity index (χ2n) is 0.339. The Morgan fingerprint density at radius 3 is 1.40 bits per heavy atom. The summed E-state index contributed by atoms with van der Waals surface area (Å²) in [4.78, 5) is 0. The van der Waals surface area contributed by atoms with E-state index >= 15 is 0 Å². The average molecular weight is 87.0 g/mol. The van der Waals surface area contributed by atoms with Gasteiger partial charge in [0.25, 0.3) is 6.08 Å². The van der Waals surface area contributed by atoms with Gasteiger partial charge in [0.2, 0.25) is 0 Å². The Morgan fingerprint density at radius 1 is 1.40 bits per heavy atom. The molecule has 0 heterocycles. The molecule has 0 fully saturated rings. The van der Waals surface area contributed by atoms with Crippen molar-refractivity contribution >= 4 is 29.6 Å². The van der Waals surface area contributed by atoms with E-state index in [1.807, 2.05) is 0 Å². The zero-order valence-electron chi connectivity index (χ0n) is 2.96. The number of halogens is 2. The molecule has 0 saturated carbocycles. The molecule has 0 aliphatic carbocycles. The third-order valence-electron chi connectivity index (χ3n) is 0. The van der Waals surface area contributed by atoms with E-state index in [2.05, 4.69) is 6.58 Å². The Kier molecular flexibility index (Phi) is 8.41. The monoisotopic (exact) mass is 87.0 g/mol. The summed E-state index contributed by atoms with van der Waals surface area (Å²) in [5.41, 5.74) is 0. The van der Waals surface area contributed by atoms with Gasteiger partial charge in [-0.15, -0.1) is 0 Å². The Balaban J connectivity index is 0. The van der Waals surface area contributed by atoms with Crippen LogP contribution in [0.2, 0.25) is 0 Å². The van der Waals surface area contributed by atoms with Crippen LogP contribution in [0.3, 0.4) is 0 Å². The fourth-order valence-electron chi connectivity index (χ4n) is 0. The first-order valence-corrected chi connectivity index (χ1v) is 0.732. The van der Waals surface area contributed by atoms with Gasteiger partial charge in [0.15, 0.2) is 0 Å². The minimum Gasteiger partial charge on any atom is -0.174 e. The second kappa shape index (κ2) is 4.60. The molecule has 0 rings (SSSR count). The van der Waals surface area contributed by atoms with Gasteiger partial charge in [-0.1, -0.05) is 0 Å². The van der Waals surface area contributed by atoms with Crippen molar-refractivity contribution < 1.29 is 8.78 Å². The van der Waals surface area contributed by atoms with E-state index < -0.39 is 6.08 Å². The summed E-state index contributed by atoms with van der Waals surface area (Å²) >= 11 is 0. The molecule has 0 nitrogen and oxygen atoms in total. The summed E-state index contributed by atoms with van der Waals surface area (Å²) in [5, 5.41) is 0. The molecular weight excluding hydrogens is 85.0 g/mol. The van der Waals surface area contributed by atoms with Gasteiger partial charge in [0.05, 0.1) is 0 Å². The summed E-state index contributed by atoms with van der Waals surface area (Å²) in [7, 11) is 0. The molecule has 0 aliphatic rings. The Labute approximate surface area is 51.2 Å². The van der Waals surface area contributed by atoms with Crippen molar-refractivity contribution in [2.75, 3.05) is 0 Å². The molecule has 0 saturated heterocycles. The van der Waals surface area contributed by atoms with Gasteiger partial charge in [-0.3, -0.25) is 0 Å². The molecule has 0 spiro atoms. The minimum atomic E-state index is -1.83. The van der Waals surface area contributed by atoms with Crippen molar-refractivity contribution in [2.24, 2.45) is 0 Å². The van der Waals surface area contributed by atoms with Gasteiger partial charge >= 0.3 is 0 Å². The van der Waals surface area contributed by atoms with E-state index in [0.717, 1.165) is 0 Å². The summed E-state index contributed by atoms with van der Waals surface area (Å²) in [6, 6.07) is 0. The topological polar surface area (TPSA) is 0 Å². The Hall–Kier alpha value is 0.600. The van der Waals surface area contributed by atoms with Crippen LogP contribution in [-0.4, -0.2) is 29.6 Å². The molecule has 0 unspecified atom stereocenters. The molecule has 0 N–H and O–H groups in total. The first-order valence-electron chi connectivity index (χ1n) is 0.732. The van der Waals surface area contributed by atoms with Gasteiger partial charge in [0.1, 0.15) is 0 Å². The number of hydrogen-bond acceptors (Lipinski definition) is 0. The Bertz CT molecular complexity index is 30.6. The average Bonchev–Trinajstić information content (AvgIpc) is 0.811. The molecule has 1 radical (unpaired) electrons. The van der Waals surface area contributed by atoms with Gasteiger partial charge < -0.3 is 0 Å². The Morgan fingerprint density at radius 2 is 1.40 bits per heavy atom. The van der Waals surface area contributed by atoms with Crippen LogP contribution >= 0.6 is 0 Å². The van der Waals surface area contributed by atoms with Crippen LogP contribution in [0.1, 0.15) is 0 Å². The predicted octanol–water partition coefficient (Wildman–Crippen LogP) is 1.02. The molecule has 5 heavy (non-hydrogen) atoms. The second-order valence-corrected chi connectivity index (χ2v) is 0.339. The molecular formula is C2H2F2Na. The minimum absolute atomic E-state index is 0. The van der Waals surface area contributed by atoms with Gasteiger partial charge in [-0.05, 0) is 6.58 Å². The van der Waals surface area contributed by atoms with E-state index in [1.54, 1.807) is 0 Å². The molecule has 0 atom stereocenters. The third-order valence-corrected chi connectivity index (χ3v) is 0. The van der Waals surface area contributed by atoms with Crippen LogP contribution in [0.25, 0.3) is 0 Å². The van der Waals surface area contributed by atoms with E-state index in [9.17, 15) is 8.78 Å². The van der Waals surface area contributed by atoms with Crippen LogP contribution in [0.4, 0.5) is 8.78 Å². The molecule has 3 heteroatoms. The van der Waals surface area contributed by atoms with Crippen molar-refractivity contribution in [2.45, 2.75) is 0 Å². The van der Waals surface area contributed by atoms with E-state index in [0.29, 0.717) is 0 Å². The van der Waals surface area contributed by atoms with Crippen LogP contribution in [0.5, 0.6) is 0 Å². The summed E-state index contributed by atoms with van der Waals surface area (Å²) in [5.74, 6) is 0. The zero-order chi connectivity index (χ0) is 3.58. The molecule has 0 aliphatic heterocycles. The van der Waals surface area contributed by atoms with Crippen LogP contribution in [0, 0.1) is 0 Å². The van der Waals surface area contributed by atoms with Crippen LogP contribution in [-0.2, 0) is 0 Å². The van der Waals surface area contributed by atoms with Crippen molar-refractivity contribution in [1.82, 2.24) is 0 Å². The normalized spacial score (nSPS) is 5.20. The van der Waals surface area contributed by atoms with Crippen molar-refractivity contribution in [3.63, 3.8) is 0 Å². The molecule has 0 aromatic rings. The standard InChI is InChI=1S/C2H2F2.Na/c1-2(3)4;/h1H2;. The van der Waals surface area contributed by atoms with Crippen LogP contribution < -0.4 is 0 Å². The zero-order valence-corrected chi connectivity index (χ0v) is 4.96. The molecule has 0 aromatic carbocycles. The largest absolute Gasteiger partial charge is 0.263 e. The van der Waals surface area contributed by atoms with Crippen molar-refractivity contribution in [3.05, 3.63) is 12.7 Å². The van der Waals surface area contributed by atoms with E-state index in [-0.39, 0.29) is 29.6 Å². The maximum Gasteiger partial charge on any atom is 0.263 e. The quantitative estimate of drug-likeness (QED) is 0.387. The maximum atomic E-state index is 10.1. The predicted molar refractivity (Wildman–Crippen MR) is 17.1 cm³/mol. The third kappa shape index (κ3) is 86.4. The smallest absolute Gasteiger partial charge is 0.174 e. The van der Waals surface area contributed by atoms with Crippen molar-refractivity contribution in [3.8, 4) is 0 Å². The number of hydrogen-bond donors (Lipinski definition) is 0.